The van der Waals surface area contributed by atoms with Crippen molar-refractivity contribution in [3.8, 4) is 5.69 Å². The Morgan fingerprint density at radius 3 is 2.73 bits per heavy atom. The van der Waals surface area contributed by atoms with Crippen LogP contribution in [-0.2, 0) is 9.53 Å². The van der Waals surface area contributed by atoms with E-state index >= 15 is 0 Å². The molecule has 1 fully saturated rings. The minimum absolute atomic E-state index is 0.0839. The Labute approximate surface area is 149 Å². The summed E-state index contributed by atoms with van der Waals surface area (Å²) < 4.78 is 20.6. The third kappa shape index (κ3) is 3.43. The Kier molecular flexibility index (Phi) is 4.99. The highest BCUT2D eigenvalue weighted by Gasteiger charge is 2.32. The molecule has 0 radical (unpaired) electrons. The minimum atomic E-state index is -1.13. The summed E-state index contributed by atoms with van der Waals surface area (Å²) in [6.45, 7) is 4.01. The van der Waals surface area contributed by atoms with Crippen LogP contribution in [0.4, 0.5) is 4.39 Å². The van der Waals surface area contributed by atoms with Crippen LogP contribution >= 0.6 is 0 Å². The number of hydrogen-bond donors (Lipinski definition) is 1. The maximum absolute atomic E-state index is 14.2. The van der Waals surface area contributed by atoms with E-state index in [1.54, 1.807) is 18.2 Å². The molecular formula is C17H19FN4O4. The molecule has 8 nitrogen and oxygen atoms in total. The monoisotopic (exact) mass is 362 g/mol. The van der Waals surface area contributed by atoms with Gasteiger partial charge in [-0.2, -0.15) is 0 Å². The largest absolute Gasteiger partial charge is 0.479 e. The molecule has 2 aromatic rings. The molecule has 1 aromatic heterocycles. The summed E-state index contributed by atoms with van der Waals surface area (Å²) in [5.41, 5.74) is 0.202. The Morgan fingerprint density at radius 2 is 2.08 bits per heavy atom. The van der Waals surface area contributed by atoms with Crippen molar-refractivity contribution in [3.63, 3.8) is 0 Å². The van der Waals surface area contributed by atoms with Crippen molar-refractivity contribution in [1.29, 1.82) is 0 Å². The van der Waals surface area contributed by atoms with Crippen LogP contribution in [0.2, 0.25) is 0 Å². The van der Waals surface area contributed by atoms with E-state index < -0.39 is 23.8 Å². The zero-order valence-corrected chi connectivity index (χ0v) is 14.4. The minimum Gasteiger partial charge on any atom is -0.479 e. The molecule has 1 atom stereocenters. The SMILES string of the molecule is CC(C)c1nc(C(=O)N2CCO[C@@H](C(=O)O)C2)nn1-c1ccccc1F. The number of carbonyl (C=O) groups is 2. The first kappa shape index (κ1) is 18.0. The van der Waals surface area contributed by atoms with Gasteiger partial charge in [0.1, 0.15) is 17.3 Å². The van der Waals surface area contributed by atoms with Crippen molar-refractivity contribution in [2.75, 3.05) is 19.7 Å². The van der Waals surface area contributed by atoms with E-state index in [1.165, 1.54) is 15.6 Å². The standard InChI is InChI=1S/C17H19FN4O4/c1-10(2)15-19-14(20-22(15)12-6-4-3-5-11(12)18)16(23)21-7-8-26-13(9-21)17(24)25/h3-6,10,13H,7-9H2,1-2H3,(H,24,25)/t13-/m1/s1. The van der Waals surface area contributed by atoms with E-state index in [9.17, 15) is 14.0 Å². The maximum atomic E-state index is 14.2. The van der Waals surface area contributed by atoms with Gasteiger partial charge in [-0.3, -0.25) is 4.79 Å². The van der Waals surface area contributed by atoms with Gasteiger partial charge in [0.05, 0.1) is 13.2 Å². The highest BCUT2D eigenvalue weighted by Crippen LogP contribution is 2.20. The van der Waals surface area contributed by atoms with Gasteiger partial charge < -0.3 is 14.7 Å². The smallest absolute Gasteiger partial charge is 0.334 e. The number of hydrogen-bond acceptors (Lipinski definition) is 5. The summed E-state index contributed by atoms with van der Waals surface area (Å²) >= 11 is 0. The fourth-order valence-corrected chi connectivity index (χ4v) is 2.71. The Hall–Kier alpha value is -2.81. The lowest BCUT2D eigenvalue weighted by atomic mass is 10.2. The van der Waals surface area contributed by atoms with Gasteiger partial charge in [0.2, 0.25) is 5.82 Å². The lowest BCUT2D eigenvalue weighted by Crippen LogP contribution is -2.48. The molecule has 0 aliphatic carbocycles. The first-order valence-electron chi connectivity index (χ1n) is 8.24. The molecule has 0 saturated carbocycles. The predicted molar refractivity (Wildman–Crippen MR) is 88.7 cm³/mol. The summed E-state index contributed by atoms with van der Waals surface area (Å²) in [4.78, 5) is 29.4. The van der Waals surface area contributed by atoms with Crippen LogP contribution in [0.1, 0.15) is 36.2 Å². The number of aliphatic carboxylic acids is 1. The fraction of sp³-hybridized carbons (Fsp3) is 0.412. The van der Waals surface area contributed by atoms with E-state index in [0.717, 1.165) is 0 Å². The molecule has 1 aliphatic heterocycles. The van der Waals surface area contributed by atoms with Gasteiger partial charge in [-0.1, -0.05) is 26.0 Å². The molecule has 0 spiro atoms. The molecule has 0 unspecified atom stereocenters. The van der Waals surface area contributed by atoms with Crippen LogP contribution < -0.4 is 0 Å². The number of carboxylic acid groups (broad SMARTS) is 1. The van der Waals surface area contributed by atoms with Crippen LogP contribution in [0, 0.1) is 5.82 Å². The van der Waals surface area contributed by atoms with Crippen molar-refractivity contribution in [1.82, 2.24) is 19.7 Å². The highest BCUT2D eigenvalue weighted by atomic mass is 19.1. The van der Waals surface area contributed by atoms with E-state index in [4.69, 9.17) is 9.84 Å². The number of aromatic nitrogens is 3. The first-order chi connectivity index (χ1) is 12.4. The lowest BCUT2D eigenvalue weighted by molar-refractivity contribution is -0.154. The maximum Gasteiger partial charge on any atom is 0.334 e. The van der Waals surface area contributed by atoms with Gasteiger partial charge in [-0.05, 0) is 12.1 Å². The van der Waals surface area contributed by atoms with E-state index in [1.807, 2.05) is 13.8 Å². The molecule has 26 heavy (non-hydrogen) atoms. The van der Waals surface area contributed by atoms with Crippen molar-refractivity contribution < 1.29 is 23.8 Å². The summed E-state index contributed by atoms with van der Waals surface area (Å²) in [5.74, 6) is -1.85. The summed E-state index contributed by atoms with van der Waals surface area (Å²) in [6, 6.07) is 6.10. The van der Waals surface area contributed by atoms with E-state index in [2.05, 4.69) is 10.1 Å². The second-order valence-corrected chi connectivity index (χ2v) is 6.26. The molecule has 0 bridgehead atoms. The third-order valence-corrected chi connectivity index (χ3v) is 4.05. The number of amides is 1. The number of ether oxygens (including phenoxy) is 1. The average molecular weight is 362 g/mol. The zero-order valence-electron chi connectivity index (χ0n) is 14.4. The second-order valence-electron chi connectivity index (χ2n) is 6.26. The van der Waals surface area contributed by atoms with Crippen molar-refractivity contribution >= 4 is 11.9 Å². The number of benzene rings is 1. The molecule has 2 heterocycles. The van der Waals surface area contributed by atoms with Gasteiger partial charge >= 0.3 is 5.97 Å². The highest BCUT2D eigenvalue weighted by molar-refractivity contribution is 5.91. The molecule has 1 aliphatic rings. The van der Waals surface area contributed by atoms with Gasteiger partial charge in [0.15, 0.2) is 6.10 Å². The number of carbonyl (C=O) groups excluding carboxylic acids is 1. The number of para-hydroxylation sites is 1. The average Bonchev–Trinajstić information content (AvgIpc) is 3.07. The topological polar surface area (TPSA) is 97.6 Å². The molecule has 9 heteroatoms. The van der Waals surface area contributed by atoms with Gasteiger partial charge in [-0.15, -0.1) is 5.10 Å². The lowest BCUT2D eigenvalue weighted by Gasteiger charge is -2.29. The number of halogens is 1. The fourth-order valence-electron chi connectivity index (χ4n) is 2.71. The van der Waals surface area contributed by atoms with Crippen LogP contribution in [0.25, 0.3) is 5.69 Å². The van der Waals surface area contributed by atoms with E-state index in [0.29, 0.717) is 5.82 Å². The number of rotatable bonds is 4. The van der Waals surface area contributed by atoms with E-state index in [-0.39, 0.29) is 37.1 Å². The number of carboxylic acids is 1. The zero-order chi connectivity index (χ0) is 18.8. The third-order valence-electron chi connectivity index (χ3n) is 4.05. The van der Waals surface area contributed by atoms with Gasteiger partial charge in [-0.25, -0.2) is 18.9 Å². The number of morpholine rings is 1. The molecule has 3 rings (SSSR count). The Bertz CT molecular complexity index is 836. The van der Waals surface area contributed by atoms with Gasteiger partial charge in [0.25, 0.3) is 5.91 Å². The van der Waals surface area contributed by atoms with Crippen molar-refractivity contribution in [2.24, 2.45) is 0 Å². The summed E-state index contributed by atoms with van der Waals surface area (Å²) in [7, 11) is 0. The van der Waals surface area contributed by atoms with Crippen LogP contribution in [0.15, 0.2) is 24.3 Å². The van der Waals surface area contributed by atoms with Crippen LogP contribution in [0.3, 0.4) is 0 Å². The second kappa shape index (κ2) is 7.20. The molecule has 138 valence electrons. The summed E-state index contributed by atoms with van der Waals surface area (Å²) in [5, 5.41) is 13.3. The molecule has 1 amide bonds. The van der Waals surface area contributed by atoms with Crippen LogP contribution in [-0.4, -0.2) is 62.4 Å². The molecule has 1 saturated heterocycles. The normalized spacial score (nSPS) is 17.5. The van der Waals surface area contributed by atoms with Crippen molar-refractivity contribution in [3.05, 3.63) is 41.7 Å². The summed E-state index contributed by atoms with van der Waals surface area (Å²) in [6.07, 6.45) is -1.08. The molecule has 1 N–H and O–H groups in total. The van der Waals surface area contributed by atoms with Crippen LogP contribution in [0.5, 0.6) is 0 Å². The molecular weight excluding hydrogens is 343 g/mol. The Balaban J connectivity index is 1.94. The first-order valence-corrected chi connectivity index (χ1v) is 8.24. The predicted octanol–water partition coefficient (Wildman–Crippen LogP) is 1.46. The number of nitrogens with zero attached hydrogens (tertiary/aromatic N) is 4. The Morgan fingerprint density at radius 1 is 1.35 bits per heavy atom. The van der Waals surface area contributed by atoms with Gasteiger partial charge in [0, 0.05) is 12.5 Å². The van der Waals surface area contributed by atoms with Crippen molar-refractivity contribution in [2.45, 2.75) is 25.9 Å². The quantitative estimate of drug-likeness (QED) is 0.884. The molecule has 1 aromatic carbocycles.